The summed E-state index contributed by atoms with van der Waals surface area (Å²) < 4.78 is 0. The third-order valence-electron chi connectivity index (χ3n) is 6.87. The SMILES string of the molecule is NC[C@@]1(CC(=O)O)[C@@H]2C[C@@H]3CC[C@H]1[C@H]2C31CC1. The Morgan fingerprint density at radius 1 is 1.29 bits per heavy atom. The minimum absolute atomic E-state index is 0.0304. The molecule has 0 aromatic rings. The van der Waals surface area contributed by atoms with Gasteiger partial charge in [-0.1, -0.05) is 0 Å². The van der Waals surface area contributed by atoms with Crippen molar-refractivity contribution >= 4 is 5.97 Å². The maximum absolute atomic E-state index is 11.2. The summed E-state index contributed by atoms with van der Waals surface area (Å²) in [5.74, 6) is 2.40. The standard InChI is InChI=1S/C14H21NO2/c15-7-14(6-11(16)17)9-2-1-8-5-10(14)12(9)13(8)3-4-13/h8-10,12H,1-7,15H2,(H,16,17)/t8-,9-,10+,12+,14+/m0/s1. The van der Waals surface area contributed by atoms with Gasteiger partial charge in [-0.15, -0.1) is 0 Å². The van der Waals surface area contributed by atoms with Crippen molar-refractivity contribution in [1.29, 1.82) is 0 Å². The van der Waals surface area contributed by atoms with Crippen LogP contribution < -0.4 is 5.73 Å². The van der Waals surface area contributed by atoms with Crippen molar-refractivity contribution in [3.8, 4) is 0 Å². The first kappa shape index (κ1) is 10.4. The molecule has 0 aromatic carbocycles. The van der Waals surface area contributed by atoms with Gasteiger partial charge in [-0.2, -0.15) is 0 Å². The topological polar surface area (TPSA) is 63.3 Å². The molecule has 2 bridgehead atoms. The van der Waals surface area contributed by atoms with E-state index in [0.29, 0.717) is 30.2 Å². The first-order chi connectivity index (χ1) is 8.14. The Bertz CT molecular complexity index is 382. The van der Waals surface area contributed by atoms with Crippen LogP contribution in [0.15, 0.2) is 0 Å². The normalized spacial score (nSPS) is 52.3. The fourth-order valence-corrected chi connectivity index (χ4v) is 6.21. The largest absolute Gasteiger partial charge is 0.481 e. The number of nitrogens with two attached hydrogens (primary N) is 1. The highest BCUT2D eigenvalue weighted by atomic mass is 16.4. The van der Waals surface area contributed by atoms with Gasteiger partial charge in [0.15, 0.2) is 0 Å². The summed E-state index contributed by atoms with van der Waals surface area (Å²) in [5, 5.41) is 9.18. The van der Waals surface area contributed by atoms with Crippen LogP contribution in [0.1, 0.15) is 38.5 Å². The molecule has 0 unspecified atom stereocenters. The van der Waals surface area contributed by atoms with Gasteiger partial charge < -0.3 is 10.8 Å². The summed E-state index contributed by atoms with van der Waals surface area (Å²) >= 11 is 0. The number of carbonyl (C=O) groups is 1. The molecule has 3 N–H and O–H groups in total. The van der Waals surface area contributed by atoms with Crippen LogP contribution >= 0.6 is 0 Å². The van der Waals surface area contributed by atoms with Crippen molar-refractivity contribution in [1.82, 2.24) is 0 Å². The van der Waals surface area contributed by atoms with Gasteiger partial charge in [-0.3, -0.25) is 4.79 Å². The molecule has 4 saturated carbocycles. The lowest BCUT2D eigenvalue weighted by Gasteiger charge is -2.61. The summed E-state index contributed by atoms with van der Waals surface area (Å²) in [6.07, 6.45) is 7.03. The van der Waals surface area contributed by atoms with Crippen LogP contribution in [0.25, 0.3) is 0 Å². The van der Waals surface area contributed by atoms with Gasteiger partial charge >= 0.3 is 5.97 Å². The lowest BCUT2D eigenvalue weighted by Crippen LogP contribution is -2.61. The lowest BCUT2D eigenvalue weighted by molar-refractivity contribution is -0.165. The summed E-state index contributed by atoms with van der Waals surface area (Å²) in [4.78, 5) is 11.2. The van der Waals surface area contributed by atoms with Gasteiger partial charge in [0, 0.05) is 0 Å². The molecular weight excluding hydrogens is 214 g/mol. The zero-order valence-electron chi connectivity index (χ0n) is 10.2. The molecule has 0 saturated heterocycles. The Morgan fingerprint density at radius 2 is 2.06 bits per heavy atom. The second-order valence-electron chi connectivity index (χ2n) is 6.99. The average Bonchev–Trinajstić information content (AvgIpc) is 3.02. The van der Waals surface area contributed by atoms with Gasteiger partial charge in [-0.25, -0.2) is 0 Å². The zero-order valence-corrected chi connectivity index (χ0v) is 10.2. The maximum Gasteiger partial charge on any atom is 0.303 e. The molecule has 1 spiro atoms. The fourth-order valence-electron chi connectivity index (χ4n) is 6.21. The molecule has 0 aromatic heterocycles. The van der Waals surface area contributed by atoms with Gasteiger partial charge in [0.25, 0.3) is 0 Å². The Labute approximate surface area is 102 Å². The van der Waals surface area contributed by atoms with E-state index in [0.717, 1.165) is 11.8 Å². The number of hydrogen-bond donors (Lipinski definition) is 2. The molecule has 0 aliphatic heterocycles. The summed E-state index contributed by atoms with van der Waals surface area (Å²) in [7, 11) is 0. The smallest absolute Gasteiger partial charge is 0.303 e. The van der Waals surface area contributed by atoms with E-state index in [1.54, 1.807) is 0 Å². The van der Waals surface area contributed by atoms with Crippen molar-refractivity contribution in [3.63, 3.8) is 0 Å². The highest BCUT2D eigenvalue weighted by Gasteiger charge is 2.77. The number of carboxylic acid groups (broad SMARTS) is 1. The molecule has 4 fully saturated rings. The third kappa shape index (κ3) is 0.975. The molecule has 0 amide bonds. The molecule has 5 atom stereocenters. The van der Waals surface area contributed by atoms with E-state index in [9.17, 15) is 9.90 Å². The third-order valence-corrected chi connectivity index (χ3v) is 6.87. The predicted octanol–water partition coefficient (Wildman–Crippen LogP) is 1.86. The molecule has 3 nitrogen and oxygen atoms in total. The Hall–Kier alpha value is -0.570. The first-order valence-electron chi connectivity index (χ1n) is 7.06. The highest BCUT2D eigenvalue weighted by Crippen LogP contribution is 2.82. The van der Waals surface area contributed by atoms with Crippen LogP contribution in [0.5, 0.6) is 0 Å². The summed E-state index contributed by atoms with van der Waals surface area (Å²) in [6.45, 7) is 0.591. The number of aliphatic carboxylic acids is 1. The van der Waals surface area contributed by atoms with Crippen molar-refractivity contribution in [3.05, 3.63) is 0 Å². The van der Waals surface area contributed by atoms with Crippen molar-refractivity contribution in [2.24, 2.45) is 40.2 Å². The van der Waals surface area contributed by atoms with Crippen molar-refractivity contribution in [2.45, 2.75) is 38.5 Å². The number of hydrogen-bond acceptors (Lipinski definition) is 2. The minimum atomic E-state index is -0.644. The van der Waals surface area contributed by atoms with E-state index in [1.165, 1.54) is 32.1 Å². The summed E-state index contributed by atoms with van der Waals surface area (Å²) in [6, 6.07) is 0. The molecule has 3 heteroatoms. The van der Waals surface area contributed by atoms with Gasteiger partial charge in [0.1, 0.15) is 0 Å². The Kier molecular flexibility index (Phi) is 1.75. The molecule has 17 heavy (non-hydrogen) atoms. The maximum atomic E-state index is 11.2. The van der Waals surface area contributed by atoms with E-state index >= 15 is 0 Å². The zero-order chi connectivity index (χ0) is 11.8. The quantitative estimate of drug-likeness (QED) is 0.785. The van der Waals surface area contributed by atoms with E-state index in [2.05, 4.69) is 0 Å². The van der Waals surface area contributed by atoms with E-state index < -0.39 is 5.97 Å². The van der Waals surface area contributed by atoms with Crippen molar-refractivity contribution < 1.29 is 9.90 Å². The molecule has 4 aliphatic carbocycles. The molecule has 0 radical (unpaired) electrons. The van der Waals surface area contributed by atoms with Gasteiger partial charge in [0.05, 0.1) is 6.42 Å². The second-order valence-corrected chi connectivity index (χ2v) is 6.99. The van der Waals surface area contributed by atoms with Crippen LogP contribution in [0.4, 0.5) is 0 Å². The molecule has 4 rings (SSSR count). The first-order valence-corrected chi connectivity index (χ1v) is 7.06. The molecule has 0 heterocycles. The molecular formula is C14H21NO2. The minimum Gasteiger partial charge on any atom is -0.481 e. The van der Waals surface area contributed by atoms with Gasteiger partial charge in [-0.05, 0) is 73.2 Å². The molecule has 94 valence electrons. The second kappa shape index (κ2) is 2.87. The predicted molar refractivity (Wildman–Crippen MR) is 63.2 cm³/mol. The Morgan fingerprint density at radius 3 is 2.65 bits per heavy atom. The van der Waals surface area contributed by atoms with E-state index in [-0.39, 0.29) is 5.41 Å². The van der Waals surface area contributed by atoms with Crippen molar-refractivity contribution in [2.75, 3.05) is 6.54 Å². The average molecular weight is 235 g/mol. The van der Waals surface area contributed by atoms with Crippen LogP contribution in [-0.2, 0) is 4.79 Å². The molecule has 4 aliphatic rings. The van der Waals surface area contributed by atoms with Crippen LogP contribution in [0.3, 0.4) is 0 Å². The Balaban J connectivity index is 1.70. The van der Waals surface area contributed by atoms with Crippen LogP contribution in [-0.4, -0.2) is 17.6 Å². The summed E-state index contributed by atoms with van der Waals surface area (Å²) in [5.41, 5.74) is 6.64. The van der Waals surface area contributed by atoms with Crippen LogP contribution in [0, 0.1) is 34.5 Å². The monoisotopic (exact) mass is 235 g/mol. The fraction of sp³-hybridized carbons (Fsp3) is 0.929. The number of rotatable bonds is 3. The van der Waals surface area contributed by atoms with Crippen LogP contribution in [0.2, 0.25) is 0 Å². The lowest BCUT2D eigenvalue weighted by atomic mass is 9.43. The highest BCUT2D eigenvalue weighted by molar-refractivity contribution is 5.68. The number of carboxylic acids is 1. The van der Waals surface area contributed by atoms with E-state index in [1.807, 2.05) is 0 Å². The van der Waals surface area contributed by atoms with Gasteiger partial charge in [0.2, 0.25) is 0 Å². The van der Waals surface area contributed by atoms with E-state index in [4.69, 9.17) is 5.73 Å².